The summed E-state index contributed by atoms with van der Waals surface area (Å²) in [6, 6.07) is 8.27. The van der Waals surface area contributed by atoms with Gasteiger partial charge < -0.3 is 29.6 Å². The van der Waals surface area contributed by atoms with Crippen molar-refractivity contribution in [2.75, 3.05) is 17.2 Å². The van der Waals surface area contributed by atoms with Gasteiger partial charge in [0.1, 0.15) is 23.0 Å². The minimum absolute atomic E-state index is 0.101. The van der Waals surface area contributed by atoms with Crippen LogP contribution in [0.5, 0.6) is 0 Å². The molecule has 0 aliphatic carbocycles. The van der Waals surface area contributed by atoms with E-state index in [0.29, 0.717) is 5.69 Å². The number of aliphatic carboxylic acids is 1. The van der Waals surface area contributed by atoms with E-state index >= 15 is 0 Å². The van der Waals surface area contributed by atoms with E-state index in [9.17, 15) is 46.3 Å². The predicted molar refractivity (Wildman–Crippen MR) is 169 cm³/mol. The first-order valence-corrected chi connectivity index (χ1v) is 14.3. The monoisotopic (exact) mass is 748 g/mol. The van der Waals surface area contributed by atoms with Crippen molar-refractivity contribution in [1.29, 1.82) is 0 Å². The fourth-order valence-electron chi connectivity index (χ4n) is 3.61. The highest BCUT2D eigenvalue weighted by atomic mass is 35.5. The van der Waals surface area contributed by atoms with Gasteiger partial charge in [-0.2, -0.15) is 0 Å². The van der Waals surface area contributed by atoms with Crippen LogP contribution in [-0.4, -0.2) is 55.6 Å². The Kier molecular flexibility index (Phi) is 14.5. The van der Waals surface area contributed by atoms with Gasteiger partial charge in [-0.3, -0.25) is 19.2 Å². The van der Waals surface area contributed by atoms with Crippen LogP contribution in [0.1, 0.15) is 38.3 Å². The molecular formula is C30H23Cl3F4N4O8. The molecule has 2 amide bonds. The molecule has 0 radical (unpaired) electrons. The molecule has 0 atom stereocenters. The Labute approximate surface area is 289 Å². The number of halogens is 7. The number of hydrogen-bond donors (Lipinski definition) is 3. The number of hydrogen-bond acceptors (Lipinski definition) is 7. The van der Waals surface area contributed by atoms with E-state index < -0.39 is 69.3 Å². The van der Waals surface area contributed by atoms with E-state index in [-0.39, 0.29) is 28.0 Å². The molecule has 2 heterocycles. The fourth-order valence-corrected chi connectivity index (χ4v) is 4.03. The molecule has 0 saturated heterocycles. The third kappa shape index (κ3) is 10.9. The number of anilines is 2. The number of aryl methyl sites for hydroxylation is 2. The standard InChI is InChI=1S/C14H9ClF2N2O4.C12H9ClF2N2O.C4H5ClO3/c1-19-5-7(12(20)14(22)23)10(17)11(19)13(21)18-6-2-3-9(16)8(15)4-6;1-17-5-4-10(15)11(17)12(18)16-7-2-3-9(14)8(13)6-7;1-2-8-4(7)3(5)6/h2-5H,1H3,(H,18,21)(H,22,23);2-6H,1H3,(H,16,18);2H2,1H3. The lowest BCUT2D eigenvalue weighted by Crippen LogP contribution is -2.18. The van der Waals surface area contributed by atoms with Crippen molar-refractivity contribution in [2.45, 2.75) is 6.92 Å². The maximum atomic E-state index is 14.1. The lowest BCUT2D eigenvalue weighted by atomic mass is 10.2. The first kappa shape index (κ1) is 40.0. The average Bonchev–Trinajstić information content (AvgIpc) is 3.52. The van der Waals surface area contributed by atoms with Crippen molar-refractivity contribution >= 4 is 81.0 Å². The summed E-state index contributed by atoms with van der Waals surface area (Å²) < 4.78 is 60.0. The SMILES string of the molecule is CCOC(=O)C(=O)Cl.Cn1cc(C(=O)C(=O)O)c(F)c1C(=O)Nc1ccc(F)c(Cl)c1.Cn1ccc(F)c1C(=O)Nc1ccc(F)c(Cl)c1. The fraction of sp³-hybridized carbons (Fsp3) is 0.133. The van der Waals surface area contributed by atoms with Crippen LogP contribution in [0.4, 0.5) is 28.9 Å². The molecule has 3 N–H and O–H groups in total. The largest absolute Gasteiger partial charge is 0.475 e. The number of ether oxygens (including phenoxy) is 1. The first-order valence-electron chi connectivity index (χ1n) is 13.2. The maximum absolute atomic E-state index is 14.1. The first-order chi connectivity index (χ1) is 22.9. The van der Waals surface area contributed by atoms with Gasteiger partial charge in [0, 0.05) is 37.9 Å². The summed E-state index contributed by atoms with van der Waals surface area (Å²) in [5.41, 5.74) is -0.979. The van der Waals surface area contributed by atoms with E-state index in [1.54, 1.807) is 14.0 Å². The number of carboxylic acid groups (broad SMARTS) is 1. The van der Waals surface area contributed by atoms with Crippen molar-refractivity contribution in [1.82, 2.24) is 9.13 Å². The lowest BCUT2D eigenvalue weighted by molar-refractivity contribution is -0.149. The van der Waals surface area contributed by atoms with Gasteiger partial charge in [0.15, 0.2) is 11.6 Å². The number of aromatic nitrogens is 2. The van der Waals surface area contributed by atoms with Crippen LogP contribution in [0.2, 0.25) is 10.0 Å². The second-order valence-electron chi connectivity index (χ2n) is 9.23. The summed E-state index contributed by atoms with van der Waals surface area (Å²) in [5, 5.41) is 11.9. The van der Waals surface area contributed by atoms with E-state index in [4.69, 9.17) is 39.9 Å². The Balaban J connectivity index is 0.000000284. The molecule has 19 heteroatoms. The number of benzene rings is 2. The number of carbonyl (C=O) groups is 6. The number of amides is 2. The summed E-state index contributed by atoms with van der Waals surface area (Å²) in [5.74, 6) is -9.03. The molecule has 0 aliphatic heterocycles. The number of nitrogens with one attached hydrogen (secondary N) is 2. The smallest absolute Gasteiger partial charge is 0.391 e. The van der Waals surface area contributed by atoms with Crippen molar-refractivity contribution in [3.05, 3.63) is 105 Å². The second kappa shape index (κ2) is 17.8. The third-order valence-electron chi connectivity index (χ3n) is 5.80. The highest BCUT2D eigenvalue weighted by molar-refractivity contribution is 6.80. The zero-order valence-corrected chi connectivity index (χ0v) is 27.5. The maximum Gasteiger partial charge on any atom is 0.391 e. The Bertz CT molecular complexity index is 1910. The molecule has 0 spiro atoms. The van der Waals surface area contributed by atoms with Crippen molar-refractivity contribution < 1.29 is 56.2 Å². The van der Waals surface area contributed by atoms with E-state index in [1.807, 2.05) is 0 Å². The van der Waals surface area contributed by atoms with Crippen LogP contribution in [0.25, 0.3) is 0 Å². The van der Waals surface area contributed by atoms with Gasteiger partial charge in [-0.25, -0.2) is 27.2 Å². The summed E-state index contributed by atoms with van der Waals surface area (Å²) in [4.78, 5) is 65.7. The second-order valence-corrected chi connectivity index (χ2v) is 10.4. The molecule has 0 unspecified atom stereocenters. The summed E-state index contributed by atoms with van der Waals surface area (Å²) in [7, 11) is 2.82. The molecule has 4 aromatic rings. The van der Waals surface area contributed by atoms with Crippen LogP contribution in [0.15, 0.2) is 54.9 Å². The molecule has 4 rings (SSSR count). The van der Waals surface area contributed by atoms with Crippen LogP contribution < -0.4 is 10.6 Å². The molecule has 0 bridgehead atoms. The highest BCUT2D eigenvalue weighted by Crippen LogP contribution is 2.22. The zero-order chi connectivity index (χ0) is 37.2. The zero-order valence-electron chi connectivity index (χ0n) is 25.2. The number of carbonyl (C=O) groups excluding carboxylic acids is 5. The lowest BCUT2D eigenvalue weighted by Gasteiger charge is -2.07. The topological polar surface area (TPSA) is 166 Å². The summed E-state index contributed by atoms with van der Waals surface area (Å²) in [6.07, 6.45) is 2.33. The number of esters is 1. The van der Waals surface area contributed by atoms with Gasteiger partial charge in [0.2, 0.25) is 0 Å². The van der Waals surface area contributed by atoms with Crippen molar-refractivity contribution in [3.63, 3.8) is 0 Å². The van der Waals surface area contributed by atoms with E-state index in [0.717, 1.165) is 29.0 Å². The number of carboxylic acids is 1. The molecule has 0 saturated carbocycles. The molecule has 0 fully saturated rings. The Hall–Kier alpha value is -5.19. The number of ketones is 1. The normalized spacial score (nSPS) is 10.1. The average molecular weight is 750 g/mol. The minimum Gasteiger partial charge on any atom is -0.475 e. The van der Waals surface area contributed by atoms with Gasteiger partial charge in [-0.05, 0) is 61.0 Å². The van der Waals surface area contributed by atoms with Crippen LogP contribution in [-0.2, 0) is 33.2 Å². The van der Waals surface area contributed by atoms with Gasteiger partial charge in [-0.1, -0.05) is 23.2 Å². The predicted octanol–water partition coefficient (Wildman–Crippen LogP) is 6.00. The van der Waals surface area contributed by atoms with Gasteiger partial charge in [-0.15, -0.1) is 0 Å². The molecule has 2 aromatic carbocycles. The quantitative estimate of drug-likeness (QED) is 0.0649. The Morgan fingerprint density at radius 2 is 1.27 bits per heavy atom. The molecule has 2 aromatic heterocycles. The van der Waals surface area contributed by atoms with Crippen LogP contribution >= 0.6 is 34.8 Å². The molecular weight excluding hydrogens is 727 g/mol. The van der Waals surface area contributed by atoms with Gasteiger partial charge in [0.05, 0.1) is 22.2 Å². The van der Waals surface area contributed by atoms with E-state index in [2.05, 4.69) is 15.4 Å². The van der Waals surface area contributed by atoms with Crippen molar-refractivity contribution in [3.8, 4) is 0 Å². The van der Waals surface area contributed by atoms with Gasteiger partial charge >= 0.3 is 17.2 Å². The number of Topliss-reactive ketones (excluding diaryl/α,β-unsaturated/α-hetero) is 1. The molecule has 0 aliphatic rings. The minimum atomic E-state index is -1.84. The van der Waals surface area contributed by atoms with Crippen LogP contribution in [0.3, 0.4) is 0 Å². The van der Waals surface area contributed by atoms with E-state index in [1.165, 1.54) is 42.1 Å². The number of nitrogens with zero attached hydrogens (tertiary/aromatic N) is 2. The highest BCUT2D eigenvalue weighted by Gasteiger charge is 2.28. The Morgan fingerprint density at radius 1 is 0.776 bits per heavy atom. The molecule has 260 valence electrons. The van der Waals surface area contributed by atoms with Gasteiger partial charge in [0.25, 0.3) is 17.6 Å². The van der Waals surface area contributed by atoms with Crippen molar-refractivity contribution in [2.24, 2.45) is 14.1 Å². The molecule has 12 nitrogen and oxygen atoms in total. The third-order valence-corrected chi connectivity index (χ3v) is 6.54. The summed E-state index contributed by atoms with van der Waals surface area (Å²) in [6.45, 7) is 1.77. The number of rotatable bonds is 8. The van der Waals surface area contributed by atoms with Crippen LogP contribution in [0, 0.1) is 23.3 Å². The summed E-state index contributed by atoms with van der Waals surface area (Å²) >= 11 is 15.8. The Morgan fingerprint density at radius 3 is 1.63 bits per heavy atom. The molecule has 49 heavy (non-hydrogen) atoms.